The fraction of sp³-hybridized carbons (Fsp3) is 0.0500. The summed E-state index contributed by atoms with van der Waals surface area (Å²) in [5.74, 6) is 0.0931. The smallest absolute Gasteiger partial charge is 0.165 e. The minimum absolute atomic E-state index is 0.231. The summed E-state index contributed by atoms with van der Waals surface area (Å²) in [6.45, 7) is 2.04. The number of hydrogen-bond acceptors (Lipinski definition) is 3. The summed E-state index contributed by atoms with van der Waals surface area (Å²) in [7, 11) is 0. The first kappa shape index (κ1) is 16.1. The molecule has 0 saturated heterocycles. The summed E-state index contributed by atoms with van der Waals surface area (Å²) in [5.41, 5.74) is 1.70. The summed E-state index contributed by atoms with van der Waals surface area (Å²) in [4.78, 5) is 1.07. The molecule has 2 nitrogen and oxygen atoms in total. The minimum Gasteiger partial charge on any atom is -0.450 e. The molecule has 0 amide bonds. The number of allylic oxidation sites excluding steroid dienone is 1. The molecule has 1 aromatic heterocycles. The van der Waals surface area contributed by atoms with Gasteiger partial charge in [-0.15, -0.1) is 0 Å². The number of nitrogens with zero attached hydrogens (tertiary/aromatic N) is 1. The van der Waals surface area contributed by atoms with Crippen LogP contribution in [0, 0.1) is 24.1 Å². The number of halogens is 1. The fourth-order valence-electron chi connectivity index (χ4n) is 2.18. The molecule has 3 aromatic rings. The van der Waals surface area contributed by atoms with E-state index in [1.54, 1.807) is 30.3 Å². The molecule has 0 unspecified atom stereocenters. The number of hydrogen-bond donors (Lipinski definition) is 0. The summed E-state index contributed by atoms with van der Waals surface area (Å²) in [6.07, 6.45) is 1.55. The molecule has 4 heteroatoms. The number of rotatable bonds is 4. The summed E-state index contributed by atoms with van der Waals surface area (Å²) in [5, 5.41) is 10.0. The zero-order chi connectivity index (χ0) is 16.9. The van der Waals surface area contributed by atoms with E-state index >= 15 is 0 Å². The van der Waals surface area contributed by atoms with Crippen LogP contribution in [0.3, 0.4) is 0 Å². The van der Waals surface area contributed by atoms with Crippen molar-refractivity contribution in [1.82, 2.24) is 0 Å². The Hall–Kier alpha value is -2.77. The maximum atomic E-state index is 13.8. The van der Waals surface area contributed by atoms with Gasteiger partial charge in [0.25, 0.3) is 0 Å². The average Bonchev–Trinajstić information content (AvgIpc) is 3.03. The third kappa shape index (κ3) is 3.76. The maximum absolute atomic E-state index is 13.8. The van der Waals surface area contributed by atoms with Gasteiger partial charge in [-0.25, -0.2) is 4.39 Å². The molecule has 0 fully saturated rings. The van der Waals surface area contributed by atoms with Crippen LogP contribution in [0.2, 0.25) is 0 Å². The molecule has 1 heterocycles. The number of benzene rings is 2. The molecule has 118 valence electrons. The molecular weight excluding hydrogens is 321 g/mol. The van der Waals surface area contributed by atoms with Crippen molar-refractivity contribution < 1.29 is 8.81 Å². The van der Waals surface area contributed by atoms with E-state index in [9.17, 15) is 9.65 Å². The van der Waals surface area contributed by atoms with Crippen molar-refractivity contribution in [2.75, 3.05) is 0 Å². The van der Waals surface area contributed by atoms with Crippen LogP contribution in [0.5, 0.6) is 0 Å². The Labute approximate surface area is 144 Å². The van der Waals surface area contributed by atoms with E-state index < -0.39 is 5.82 Å². The topological polar surface area (TPSA) is 36.9 Å². The van der Waals surface area contributed by atoms with Gasteiger partial charge < -0.3 is 4.42 Å². The van der Waals surface area contributed by atoms with Crippen molar-refractivity contribution >= 4 is 23.4 Å². The standard InChI is InChI=1S/C20H14FNOS/c1-14-6-9-17(10-7-14)24-20-11-8-16(23-20)12-15(13-22)18-4-2-3-5-19(18)21/h2-12H,1H3/b15-12-. The Morgan fingerprint density at radius 3 is 2.54 bits per heavy atom. The first-order chi connectivity index (χ1) is 11.7. The first-order valence-corrected chi connectivity index (χ1v) is 8.18. The molecule has 0 atom stereocenters. The number of furan rings is 1. The second-order valence-electron chi connectivity index (χ2n) is 5.22. The Morgan fingerprint density at radius 2 is 1.83 bits per heavy atom. The third-order valence-corrected chi connectivity index (χ3v) is 4.34. The average molecular weight is 335 g/mol. The highest BCUT2D eigenvalue weighted by Crippen LogP contribution is 2.30. The van der Waals surface area contributed by atoms with Crippen molar-refractivity contribution in [3.63, 3.8) is 0 Å². The molecule has 0 aliphatic heterocycles. The Kier molecular flexibility index (Phi) is 4.83. The van der Waals surface area contributed by atoms with Crippen LogP contribution in [0.4, 0.5) is 4.39 Å². The zero-order valence-electron chi connectivity index (χ0n) is 13.0. The largest absolute Gasteiger partial charge is 0.450 e. The van der Waals surface area contributed by atoms with Gasteiger partial charge in [0, 0.05) is 10.5 Å². The van der Waals surface area contributed by atoms with Gasteiger partial charge in [0.05, 0.1) is 11.6 Å². The zero-order valence-corrected chi connectivity index (χ0v) is 13.8. The molecule has 0 N–H and O–H groups in total. The molecule has 0 bridgehead atoms. The van der Waals surface area contributed by atoms with E-state index in [0.29, 0.717) is 5.76 Å². The van der Waals surface area contributed by atoms with Crippen LogP contribution in [-0.2, 0) is 0 Å². The van der Waals surface area contributed by atoms with Gasteiger partial charge in [-0.2, -0.15) is 5.26 Å². The van der Waals surface area contributed by atoms with Crippen LogP contribution < -0.4 is 0 Å². The molecule has 0 spiro atoms. The van der Waals surface area contributed by atoms with Gasteiger partial charge in [0.1, 0.15) is 11.6 Å². The highest BCUT2D eigenvalue weighted by molar-refractivity contribution is 7.99. The Bertz CT molecular complexity index is 919. The molecule has 0 saturated carbocycles. The lowest BCUT2D eigenvalue weighted by Gasteiger charge is -2.00. The molecule has 0 aliphatic carbocycles. The summed E-state index contributed by atoms with van der Waals surface area (Å²) >= 11 is 1.50. The van der Waals surface area contributed by atoms with Gasteiger partial charge in [0.15, 0.2) is 5.09 Å². The fourth-order valence-corrected chi connectivity index (χ4v) is 2.96. The molecule has 3 rings (SSSR count). The van der Waals surface area contributed by atoms with E-state index in [2.05, 4.69) is 0 Å². The lowest BCUT2D eigenvalue weighted by atomic mass is 10.1. The monoisotopic (exact) mass is 335 g/mol. The quantitative estimate of drug-likeness (QED) is 0.553. The first-order valence-electron chi connectivity index (χ1n) is 7.37. The highest BCUT2D eigenvalue weighted by atomic mass is 32.2. The van der Waals surface area contributed by atoms with Crippen molar-refractivity contribution in [3.05, 3.63) is 83.4 Å². The van der Waals surface area contributed by atoms with E-state index in [4.69, 9.17) is 4.42 Å². The number of aryl methyl sites for hydroxylation is 1. The lowest BCUT2D eigenvalue weighted by Crippen LogP contribution is -1.86. The van der Waals surface area contributed by atoms with Crippen LogP contribution in [-0.4, -0.2) is 0 Å². The van der Waals surface area contributed by atoms with E-state index in [1.807, 2.05) is 43.3 Å². The number of nitriles is 1. The van der Waals surface area contributed by atoms with Crippen LogP contribution in [0.15, 0.2) is 75.1 Å². The van der Waals surface area contributed by atoms with Crippen LogP contribution >= 0.6 is 11.8 Å². The molecule has 24 heavy (non-hydrogen) atoms. The second-order valence-corrected chi connectivity index (χ2v) is 6.30. The predicted octanol–water partition coefficient (Wildman–Crippen LogP) is 5.94. The van der Waals surface area contributed by atoms with Gasteiger partial charge >= 0.3 is 0 Å². The van der Waals surface area contributed by atoms with Crippen molar-refractivity contribution in [3.8, 4) is 6.07 Å². The third-order valence-electron chi connectivity index (χ3n) is 3.41. The molecule has 0 radical (unpaired) electrons. The van der Waals surface area contributed by atoms with Gasteiger partial charge in [-0.05, 0) is 43.3 Å². The SMILES string of the molecule is Cc1ccc(Sc2ccc(/C=C(/C#N)c3ccccc3F)o2)cc1. The van der Waals surface area contributed by atoms with E-state index in [-0.39, 0.29) is 11.1 Å². The summed E-state index contributed by atoms with van der Waals surface area (Å²) < 4.78 is 19.6. The van der Waals surface area contributed by atoms with Gasteiger partial charge in [-0.3, -0.25) is 0 Å². The predicted molar refractivity (Wildman–Crippen MR) is 93.9 cm³/mol. The van der Waals surface area contributed by atoms with Crippen molar-refractivity contribution in [1.29, 1.82) is 5.26 Å². The van der Waals surface area contributed by atoms with Gasteiger partial charge in [0.2, 0.25) is 0 Å². The molecule has 2 aromatic carbocycles. The summed E-state index contributed by atoms with van der Waals surface area (Å²) in [6, 6.07) is 20.0. The maximum Gasteiger partial charge on any atom is 0.165 e. The Morgan fingerprint density at radius 1 is 1.08 bits per heavy atom. The van der Waals surface area contributed by atoms with Crippen LogP contribution in [0.25, 0.3) is 11.6 Å². The van der Waals surface area contributed by atoms with Crippen LogP contribution in [0.1, 0.15) is 16.9 Å². The lowest BCUT2D eigenvalue weighted by molar-refractivity contribution is 0.466. The van der Waals surface area contributed by atoms with Crippen molar-refractivity contribution in [2.24, 2.45) is 0 Å². The van der Waals surface area contributed by atoms with E-state index in [1.165, 1.54) is 23.4 Å². The minimum atomic E-state index is -0.425. The molecular formula is C20H14FNOS. The molecule has 0 aliphatic rings. The highest BCUT2D eigenvalue weighted by Gasteiger charge is 2.09. The normalized spacial score (nSPS) is 11.3. The van der Waals surface area contributed by atoms with Gasteiger partial charge in [-0.1, -0.05) is 47.7 Å². The second kappa shape index (κ2) is 7.20. The Balaban J connectivity index is 1.83. The van der Waals surface area contributed by atoms with E-state index in [0.717, 1.165) is 9.99 Å². The van der Waals surface area contributed by atoms with Crippen molar-refractivity contribution in [2.45, 2.75) is 16.9 Å².